The second-order valence-corrected chi connectivity index (χ2v) is 11.0. The number of hydrogen-bond acceptors (Lipinski definition) is 5. The minimum atomic E-state index is 0.0566. The number of allylic oxidation sites excluding steroid dienone is 1. The first-order valence-corrected chi connectivity index (χ1v) is 11.9. The molecule has 1 nitrogen and oxygen atoms in total. The highest BCUT2D eigenvalue weighted by molar-refractivity contribution is 8.24. The number of carbonyl (C=O) groups is 1. The fourth-order valence-electron chi connectivity index (χ4n) is 2.54. The minimum Gasteiger partial charge on any atom is -0.282 e. The van der Waals surface area contributed by atoms with E-state index in [1.165, 1.54) is 39.1 Å². The second-order valence-electron chi connectivity index (χ2n) is 5.74. The largest absolute Gasteiger partial charge is 0.282 e. The zero-order valence-electron chi connectivity index (χ0n) is 14.0. The summed E-state index contributed by atoms with van der Waals surface area (Å²) >= 11 is 7.04. The van der Waals surface area contributed by atoms with E-state index in [4.69, 9.17) is 0 Å². The third-order valence-corrected chi connectivity index (χ3v) is 8.82. The summed E-state index contributed by atoms with van der Waals surface area (Å²) < 4.78 is 0.452. The monoisotopic (exact) mass is 404 g/mol. The molecule has 25 heavy (non-hydrogen) atoms. The van der Waals surface area contributed by atoms with Crippen LogP contribution in [0.25, 0.3) is 10.8 Å². The van der Waals surface area contributed by atoms with Gasteiger partial charge in [-0.25, -0.2) is 0 Å². The molecule has 0 saturated heterocycles. The van der Waals surface area contributed by atoms with Crippen LogP contribution >= 0.6 is 47.0 Å². The first-order chi connectivity index (χ1) is 12.2. The first-order valence-electron chi connectivity index (χ1n) is 8.06. The average Bonchev–Trinajstić information content (AvgIpc) is 3.09. The molecule has 1 heterocycles. The molecule has 0 saturated carbocycles. The van der Waals surface area contributed by atoms with E-state index >= 15 is 0 Å². The molecule has 0 aliphatic carbocycles. The van der Waals surface area contributed by atoms with Gasteiger partial charge in [0.1, 0.15) is 0 Å². The molecule has 0 N–H and O–H groups in total. The molecule has 2 aromatic carbocycles. The smallest absolute Gasteiger partial charge is 0.212 e. The second kappa shape index (κ2) is 9.26. The molecule has 2 unspecified atom stereocenters. The highest BCUT2D eigenvalue weighted by atomic mass is 32.2. The Labute approximate surface area is 166 Å². The Morgan fingerprint density at radius 1 is 1.28 bits per heavy atom. The molecule has 0 radical (unpaired) electrons. The van der Waals surface area contributed by atoms with Crippen molar-refractivity contribution in [3.8, 4) is 0 Å². The Bertz CT molecular complexity index is 799. The summed E-state index contributed by atoms with van der Waals surface area (Å²) in [5.41, 5.74) is 1.38. The van der Waals surface area contributed by atoms with E-state index in [9.17, 15) is 4.79 Å². The van der Waals surface area contributed by atoms with Gasteiger partial charge in [0, 0.05) is 10.3 Å². The van der Waals surface area contributed by atoms with Gasteiger partial charge >= 0.3 is 0 Å². The van der Waals surface area contributed by atoms with Gasteiger partial charge in [0.15, 0.2) is 0 Å². The maximum Gasteiger partial charge on any atom is 0.212 e. The van der Waals surface area contributed by atoms with E-state index in [-0.39, 0.29) is 5.12 Å². The molecule has 3 rings (SSSR count). The maximum absolute atomic E-state index is 11.2. The summed E-state index contributed by atoms with van der Waals surface area (Å²) in [5.74, 6) is 0. The molecular weight excluding hydrogens is 384 g/mol. The molecule has 0 spiro atoms. The number of hydrogen-bond donors (Lipinski definition) is 0. The Kier molecular flexibility index (Phi) is 7.05. The first kappa shape index (κ1) is 19.0. The number of carbonyl (C=O) groups excluding carboxylic acids is 1. The van der Waals surface area contributed by atoms with Gasteiger partial charge in [-0.15, -0.1) is 35.3 Å². The third-order valence-electron chi connectivity index (χ3n) is 3.84. The summed E-state index contributed by atoms with van der Waals surface area (Å²) in [6.07, 6.45) is 2.45. The summed E-state index contributed by atoms with van der Waals surface area (Å²) in [7, 11) is 0. The van der Waals surface area contributed by atoms with Gasteiger partial charge in [0.2, 0.25) is 5.12 Å². The van der Waals surface area contributed by atoms with Crippen molar-refractivity contribution in [2.45, 2.75) is 23.2 Å². The van der Waals surface area contributed by atoms with Crippen LogP contribution in [0.5, 0.6) is 0 Å². The number of thioether (sulfide) groups is 4. The van der Waals surface area contributed by atoms with Gasteiger partial charge in [-0.05, 0) is 45.2 Å². The lowest BCUT2D eigenvalue weighted by Gasteiger charge is -2.13. The topological polar surface area (TPSA) is 17.1 Å². The summed E-state index contributed by atoms with van der Waals surface area (Å²) in [4.78, 5) is 12.7. The van der Waals surface area contributed by atoms with Crippen molar-refractivity contribution in [2.75, 3.05) is 5.08 Å². The molecule has 0 fully saturated rings. The van der Waals surface area contributed by atoms with Gasteiger partial charge in [0.25, 0.3) is 0 Å². The SMILES string of the molecule is C=CC(=O)SCSC(C)CC1=CSC(c2ccc3ccccc3c2)S1. The molecule has 2 atom stereocenters. The van der Waals surface area contributed by atoms with E-state index in [2.05, 4.69) is 61.4 Å². The Hall–Kier alpha value is -0.750. The third kappa shape index (κ3) is 5.36. The quantitative estimate of drug-likeness (QED) is 0.361. The number of benzene rings is 2. The highest BCUT2D eigenvalue weighted by Crippen LogP contribution is 2.52. The van der Waals surface area contributed by atoms with E-state index in [1.54, 1.807) is 0 Å². The van der Waals surface area contributed by atoms with Crippen molar-refractivity contribution in [3.63, 3.8) is 0 Å². The van der Waals surface area contributed by atoms with Crippen LogP contribution in [0.3, 0.4) is 0 Å². The lowest BCUT2D eigenvalue weighted by molar-refractivity contribution is -0.107. The van der Waals surface area contributed by atoms with Crippen molar-refractivity contribution < 1.29 is 4.79 Å². The van der Waals surface area contributed by atoms with Crippen LogP contribution in [0.4, 0.5) is 0 Å². The van der Waals surface area contributed by atoms with Crippen molar-refractivity contribution >= 4 is 62.9 Å². The van der Waals surface area contributed by atoms with Crippen LogP contribution in [0.2, 0.25) is 0 Å². The van der Waals surface area contributed by atoms with Gasteiger partial charge in [-0.3, -0.25) is 4.79 Å². The lowest BCUT2D eigenvalue weighted by Crippen LogP contribution is -1.98. The zero-order chi connectivity index (χ0) is 17.6. The molecular formula is C20H20OS4. The van der Waals surface area contributed by atoms with Gasteiger partial charge < -0.3 is 0 Å². The van der Waals surface area contributed by atoms with Gasteiger partial charge in [-0.1, -0.05) is 61.7 Å². The van der Waals surface area contributed by atoms with Gasteiger partial charge in [0.05, 0.1) is 4.58 Å². The standard InChI is InChI=1S/C20H20OS4/c1-3-19(21)24-13-23-14(2)10-18-12-22-20(25-18)17-9-8-15-6-4-5-7-16(15)11-17/h3-9,11-12,14,20H,1,10,13H2,2H3. The predicted octanol–water partition coefficient (Wildman–Crippen LogP) is 7.07. The van der Waals surface area contributed by atoms with Crippen LogP contribution in [0, 0.1) is 0 Å². The highest BCUT2D eigenvalue weighted by Gasteiger charge is 2.22. The fourth-order valence-corrected chi connectivity index (χ4v) is 7.45. The van der Waals surface area contributed by atoms with Crippen LogP contribution in [0.1, 0.15) is 23.5 Å². The average molecular weight is 405 g/mol. The number of fused-ring (bicyclic) bond motifs is 1. The van der Waals surface area contributed by atoms with E-state index in [1.807, 2.05) is 35.3 Å². The maximum atomic E-state index is 11.2. The van der Waals surface area contributed by atoms with E-state index in [0.717, 1.165) is 11.5 Å². The van der Waals surface area contributed by atoms with Crippen molar-refractivity contribution in [1.29, 1.82) is 0 Å². The predicted molar refractivity (Wildman–Crippen MR) is 119 cm³/mol. The molecule has 5 heteroatoms. The Balaban J connectivity index is 1.52. The normalized spacial score (nSPS) is 18.1. The van der Waals surface area contributed by atoms with Crippen LogP contribution in [0.15, 0.2) is 65.4 Å². The lowest BCUT2D eigenvalue weighted by atomic mass is 10.1. The molecule has 0 bridgehead atoms. The summed E-state index contributed by atoms with van der Waals surface area (Å²) in [6.45, 7) is 5.74. The molecule has 0 amide bonds. The molecule has 2 aromatic rings. The zero-order valence-corrected chi connectivity index (χ0v) is 17.3. The molecule has 1 aliphatic rings. The van der Waals surface area contributed by atoms with Crippen LogP contribution < -0.4 is 0 Å². The molecule has 130 valence electrons. The van der Waals surface area contributed by atoms with Gasteiger partial charge in [-0.2, -0.15) is 0 Å². The van der Waals surface area contributed by atoms with E-state index < -0.39 is 0 Å². The molecule has 1 aliphatic heterocycles. The Morgan fingerprint density at radius 3 is 2.88 bits per heavy atom. The van der Waals surface area contributed by atoms with Crippen molar-refractivity contribution in [3.05, 3.63) is 71.0 Å². The number of rotatable bonds is 7. The van der Waals surface area contributed by atoms with Crippen molar-refractivity contribution in [2.24, 2.45) is 0 Å². The summed E-state index contributed by atoms with van der Waals surface area (Å²) in [5, 5.41) is 6.28. The fraction of sp³-hybridized carbons (Fsp3) is 0.250. The summed E-state index contributed by atoms with van der Waals surface area (Å²) in [6, 6.07) is 15.3. The van der Waals surface area contributed by atoms with E-state index in [0.29, 0.717) is 9.83 Å². The van der Waals surface area contributed by atoms with Crippen LogP contribution in [-0.4, -0.2) is 15.5 Å². The van der Waals surface area contributed by atoms with Crippen LogP contribution in [-0.2, 0) is 4.79 Å². The Morgan fingerprint density at radius 2 is 2.08 bits per heavy atom. The molecule has 0 aromatic heterocycles. The van der Waals surface area contributed by atoms with Crippen molar-refractivity contribution in [1.82, 2.24) is 0 Å². The minimum absolute atomic E-state index is 0.0566.